The van der Waals surface area contributed by atoms with E-state index in [2.05, 4.69) is 5.32 Å². The summed E-state index contributed by atoms with van der Waals surface area (Å²) in [5.41, 5.74) is 1.68. The van der Waals surface area contributed by atoms with Crippen LogP contribution >= 0.6 is 0 Å². The van der Waals surface area contributed by atoms with Crippen LogP contribution in [0.1, 0.15) is 47.7 Å². The van der Waals surface area contributed by atoms with Crippen molar-refractivity contribution < 1.29 is 22.7 Å². The van der Waals surface area contributed by atoms with Gasteiger partial charge in [-0.05, 0) is 43.2 Å². The Kier molecular flexibility index (Phi) is 5.38. The summed E-state index contributed by atoms with van der Waals surface area (Å²) in [6.07, 6.45) is 2.19. The van der Waals surface area contributed by atoms with E-state index in [0.29, 0.717) is 29.9 Å². The van der Waals surface area contributed by atoms with E-state index in [9.17, 15) is 18.0 Å². The average Bonchev–Trinajstić information content (AvgIpc) is 3.04. The van der Waals surface area contributed by atoms with Crippen molar-refractivity contribution in [2.24, 2.45) is 0 Å². The molecule has 2 heterocycles. The van der Waals surface area contributed by atoms with Crippen molar-refractivity contribution >= 4 is 27.6 Å². The van der Waals surface area contributed by atoms with Crippen LogP contribution in [0, 0.1) is 0 Å². The van der Waals surface area contributed by atoms with E-state index in [1.54, 1.807) is 36.4 Å². The topological polar surface area (TPSA) is 92.8 Å². The van der Waals surface area contributed by atoms with E-state index in [4.69, 9.17) is 4.74 Å². The predicted octanol–water partition coefficient (Wildman–Crippen LogP) is 3.10. The van der Waals surface area contributed by atoms with Gasteiger partial charge in [-0.25, -0.2) is 13.2 Å². The van der Waals surface area contributed by atoms with Crippen LogP contribution < -0.4 is 5.32 Å². The molecule has 1 fully saturated rings. The molecule has 4 rings (SSSR count). The number of amides is 1. The van der Waals surface area contributed by atoms with Gasteiger partial charge in [0.2, 0.25) is 15.9 Å². The number of hydrogen-bond donors (Lipinski definition) is 1. The Morgan fingerprint density at radius 1 is 1.03 bits per heavy atom. The molecule has 7 nitrogen and oxygen atoms in total. The van der Waals surface area contributed by atoms with Crippen LogP contribution in [0.25, 0.3) is 0 Å². The summed E-state index contributed by atoms with van der Waals surface area (Å²) in [5, 5.41) is 2.73. The lowest BCUT2D eigenvalue weighted by Crippen LogP contribution is -2.35. The van der Waals surface area contributed by atoms with Gasteiger partial charge >= 0.3 is 5.97 Å². The third-order valence-electron chi connectivity index (χ3n) is 5.24. The van der Waals surface area contributed by atoms with Gasteiger partial charge in [0.1, 0.15) is 6.10 Å². The SMILES string of the molecule is O=C(C[C@@H]1OC(=O)c2ccccc21)Nc1ccc(S(=O)(=O)N2CCCCC2)cc1. The summed E-state index contributed by atoms with van der Waals surface area (Å²) in [5.74, 6) is -0.739. The summed E-state index contributed by atoms with van der Waals surface area (Å²) in [6, 6.07) is 13.2. The van der Waals surface area contributed by atoms with Crippen LogP contribution in [-0.2, 0) is 19.6 Å². The standard InChI is InChI=1S/C21H22N2O5S/c24-20(14-19-17-6-2-3-7-18(17)21(25)28-19)22-15-8-10-16(11-9-15)29(26,27)23-12-4-1-5-13-23/h2-3,6-11,19H,1,4-5,12-14H2,(H,22,24)/t19-/m0/s1. The Labute approximate surface area is 169 Å². The van der Waals surface area contributed by atoms with Gasteiger partial charge in [-0.2, -0.15) is 4.31 Å². The number of hydrogen-bond acceptors (Lipinski definition) is 5. The molecule has 1 atom stereocenters. The molecule has 0 saturated carbocycles. The highest BCUT2D eigenvalue weighted by molar-refractivity contribution is 7.89. The summed E-state index contributed by atoms with van der Waals surface area (Å²) in [7, 11) is -3.50. The number of anilines is 1. The Hall–Kier alpha value is -2.71. The molecule has 0 spiro atoms. The van der Waals surface area contributed by atoms with Crippen molar-refractivity contribution in [2.45, 2.75) is 36.7 Å². The van der Waals surface area contributed by atoms with Crippen molar-refractivity contribution in [3.8, 4) is 0 Å². The fourth-order valence-electron chi connectivity index (χ4n) is 3.72. The normalized spacial score (nSPS) is 19.4. The molecule has 0 unspecified atom stereocenters. The van der Waals surface area contributed by atoms with Gasteiger partial charge in [-0.3, -0.25) is 4.79 Å². The number of fused-ring (bicyclic) bond motifs is 1. The number of piperidine rings is 1. The monoisotopic (exact) mass is 414 g/mol. The molecular weight excluding hydrogens is 392 g/mol. The van der Waals surface area contributed by atoms with Crippen LogP contribution in [0.4, 0.5) is 5.69 Å². The summed E-state index contributed by atoms with van der Waals surface area (Å²) in [6.45, 7) is 1.09. The molecule has 2 aromatic carbocycles. The first-order valence-corrected chi connectivity index (χ1v) is 11.1. The Morgan fingerprint density at radius 3 is 2.45 bits per heavy atom. The number of nitrogens with one attached hydrogen (secondary N) is 1. The van der Waals surface area contributed by atoms with E-state index in [1.165, 1.54) is 16.4 Å². The smallest absolute Gasteiger partial charge is 0.339 e. The predicted molar refractivity (Wildman–Crippen MR) is 107 cm³/mol. The second-order valence-electron chi connectivity index (χ2n) is 7.22. The fraction of sp³-hybridized carbons (Fsp3) is 0.333. The van der Waals surface area contributed by atoms with Crippen molar-refractivity contribution in [3.63, 3.8) is 0 Å². The van der Waals surface area contributed by atoms with Crippen LogP contribution in [0.2, 0.25) is 0 Å². The molecule has 0 radical (unpaired) electrons. The zero-order chi connectivity index (χ0) is 20.4. The average molecular weight is 414 g/mol. The molecule has 8 heteroatoms. The first kappa shape index (κ1) is 19.6. The molecule has 152 valence electrons. The van der Waals surface area contributed by atoms with E-state index < -0.39 is 22.1 Å². The van der Waals surface area contributed by atoms with Crippen LogP contribution in [-0.4, -0.2) is 37.7 Å². The second-order valence-corrected chi connectivity index (χ2v) is 9.16. The maximum Gasteiger partial charge on any atom is 0.339 e. The van der Waals surface area contributed by atoms with Gasteiger partial charge in [-0.15, -0.1) is 0 Å². The number of ether oxygens (including phenoxy) is 1. The highest BCUT2D eigenvalue weighted by Crippen LogP contribution is 2.33. The van der Waals surface area contributed by atoms with E-state index in [-0.39, 0.29) is 17.2 Å². The lowest BCUT2D eigenvalue weighted by molar-refractivity contribution is -0.118. The lowest BCUT2D eigenvalue weighted by Gasteiger charge is -2.25. The van der Waals surface area contributed by atoms with Gasteiger partial charge in [0, 0.05) is 24.3 Å². The largest absolute Gasteiger partial charge is 0.453 e. The summed E-state index contributed by atoms with van der Waals surface area (Å²) < 4.78 is 32.2. The molecule has 0 bridgehead atoms. The van der Waals surface area contributed by atoms with E-state index >= 15 is 0 Å². The van der Waals surface area contributed by atoms with Crippen molar-refractivity contribution in [2.75, 3.05) is 18.4 Å². The molecule has 1 saturated heterocycles. The molecule has 2 aromatic rings. The number of cyclic esters (lactones) is 1. The number of esters is 1. The zero-order valence-electron chi connectivity index (χ0n) is 15.8. The second kappa shape index (κ2) is 7.96. The molecule has 0 aromatic heterocycles. The maximum atomic E-state index is 12.7. The van der Waals surface area contributed by atoms with Crippen LogP contribution in [0.15, 0.2) is 53.4 Å². The highest BCUT2D eigenvalue weighted by atomic mass is 32.2. The van der Waals surface area contributed by atoms with Crippen LogP contribution in [0.3, 0.4) is 0 Å². The lowest BCUT2D eigenvalue weighted by atomic mass is 10.0. The van der Waals surface area contributed by atoms with Gasteiger partial charge in [0.25, 0.3) is 0 Å². The zero-order valence-corrected chi connectivity index (χ0v) is 16.7. The van der Waals surface area contributed by atoms with E-state index in [1.807, 2.05) is 0 Å². The summed E-state index contributed by atoms with van der Waals surface area (Å²) >= 11 is 0. The minimum Gasteiger partial charge on any atom is -0.453 e. The number of nitrogens with zero attached hydrogens (tertiary/aromatic N) is 1. The van der Waals surface area contributed by atoms with E-state index in [0.717, 1.165) is 19.3 Å². The maximum absolute atomic E-state index is 12.7. The Bertz CT molecular complexity index is 1030. The molecule has 2 aliphatic rings. The fourth-order valence-corrected chi connectivity index (χ4v) is 5.23. The van der Waals surface area contributed by atoms with Crippen molar-refractivity contribution in [3.05, 3.63) is 59.7 Å². The number of carbonyl (C=O) groups excluding carboxylic acids is 2. The van der Waals surface area contributed by atoms with Crippen LogP contribution in [0.5, 0.6) is 0 Å². The number of carbonyl (C=O) groups is 2. The quantitative estimate of drug-likeness (QED) is 0.759. The minimum atomic E-state index is -3.50. The molecule has 2 aliphatic heterocycles. The van der Waals surface area contributed by atoms with Crippen molar-refractivity contribution in [1.82, 2.24) is 4.31 Å². The van der Waals surface area contributed by atoms with Gasteiger partial charge in [-0.1, -0.05) is 24.6 Å². The molecular formula is C21H22N2O5S. The number of rotatable bonds is 5. The van der Waals surface area contributed by atoms with Gasteiger partial charge < -0.3 is 10.1 Å². The Balaban J connectivity index is 1.40. The summed E-state index contributed by atoms with van der Waals surface area (Å²) in [4.78, 5) is 24.5. The number of sulfonamides is 1. The third kappa shape index (κ3) is 4.04. The third-order valence-corrected chi connectivity index (χ3v) is 7.15. The molecule has 1 amide bonds. The van der Waals surface area contributed by atoms with Gasteiger partial charge in [0.15, 0.2) is 0 Å². The highest BCUT2D eigenvalue weighted by Gasteiger charge is 2.32. The Morgan fingerprint density at radius 2 is 1.72 bits per heavy atom. The molecule has 29 heavy (non-hydrogen) atoms. The first-order valence-electron chi connectivity index (χ1n) is 9.65. The molecule has 0 aliphatic carbocycles. The number of benzene rings is 2. The first-order chi connectivity index (χ1) is 13.9. The minimum absolute atomic E-state index is 0.00339. The van der Waals surface area contributed by atoms with Gasteiger partial charge in [0.05, 0.1) is 16.9 Å². The van der Waals surface area contributed by atoms with Crippen molar-refractivity contribution in [1.29, 1.82) is 0 Å². The molecule has 1 N–H and O–H groups in total.